The van der Waals surface area contributed by atoms with Gasteiger partial charge >= 0.3 is 6.03 Å². The molecule has 0 N–H and O–H groups in total. The van der Waals surface area contributed by atoms with Gasteiger partial charge in [0.1, 0.15) is 0 Å². The molecule has 1 saturated heterocycles. The predicted molar refractivity (Wildman–Crippen MR) is 60.4 cm³/mol. The average Bonchev–Trinajstić information content (AvgIpc) is 2.89. The van der Waals surface area contributed by atoms with Crippen molar-refractivity contribution in [1.29, 1.82) is 0 Å². The van der Waals surface area contributed by atoms with Crippen LogP contribution in [0.5, 0.6) is 0 Å². The molecule has 0 radical (unpaired) electrons. The van der Waals surface area contributed by atoms with Crippen molar-refractivity contribution in [3.8, 4) is 0 Å². The van der Waals surface area contributed by atoms with Crippen LogP contribution in [0.25, 0.3) is 0 Å². The van der Waals surface area contributed by atoms with Gasteiger partial charge in [0, 0.05) is 13.1 Å². The quantitative estimate of drug-likeness (QED) is 0.696. The lowest BCUT2D eigenvalue weighted by atomic mass is 10.0. The number of hydrogen-bond donors (Lipinski definition) is 0. The molecular formula is C11H14ClN3O. The minimum absolute atomic E-state index is 0.0405. The summed E-state index contributed by atoms with van der Waals surface area (Å²) in [7, 11) is 0. The minimum atomic E-state index is -0.0405. The minimum Gasteiger partial charge on any atom is -0.322 e. The summed E-state index contributed by atoms with van der Waals surface area (Å²) in [4.78, 5) is 14.0. The summed E-state index contributed by atoms with van der Waals surface area (Å²) in [6.45, 7) is 1.78. The number of rotatable bonds is 0. The van der Waals surface area contributed by atoms with E-state index in [4.69, 9.17) is 11.6 Å². The third-order valence-electron chi connectivity index (χ3n) is 3.74. The third-order valence-corrected chi connectivity index (χ3v) is 3.94. The Morgan fingerprint density at radius 1 is 1.38 bits per heavy atom. The van der Waals surface area contributed by atoms with Gasteiger partial charge < -0.3 is 4.90 Å². The van der Waals surface area contributed by atoms with E-state index in [1.807, 2.05) is 4.90 Å². The van der Waals surface area contributed by atoms with Crippen molar-refractivity contribution in [3.63, 3.8) is 0 Å². The summed E-state index contributed by atoms with van der Waals surface area (Å²) in [6, 6.07) is -0.0405. The highest BCUT2D eigenvalue weighted by Gasteiger charge is 2.38. The second kappa shape index (κ2) is 3.77. The van der Waals surface area contributed by atoms with Crippen LogP contribution in [-0.2, 0) is 0 Å². The van der Waals surface area contributed by atoms with Crippen molar-refractivity contribution in [2.45, 2.75) is 19.3 Å². The number of likely N-dealkylation sites (tertiary alicyclic amines) is 1. The van der Waals surface area contributed by atoms with Gasteiger partial charge in [-0.15, -0.1) is 0 Å². The van der Waals surface area contributed by atoms with E-state index in [1.54, 1.807) is 6.20 Å². The summed E-state index contributed by atoms with van der Waals surface area (Å²) in [5.74, 6) is 1.44. The third kappa shape index (κ3) is 1.61. The molecule has 3 rings (SSSR count). The lowest BCUT2D eigenvalue weighted by molar-refractivity contribution is 0.203. The maximum atomic E-state index is 12.1. The molecule has 1 aliphatic heterocycles. The Kier molecular flexibility index (Phi) is 2.39. The Labute approximate surface area is 99.2 Å². The molecule has 0 aromatic carbocycles. The summed E-state index contributed by atoms with van der Waals surface area (Å²) in [6.07, 6.45) is 6.93. The Hall–Kier alpha value is -1.03. The molecule has 1 aromatic heterocycles. The van der Waals surface area contributed by atoms with Crippen molar-refractivity contribution in [2.24, 2.45) is 11.8 Å². The molecule has 1 amide bonds. The fraction of sp³-hybridized carbons (Fsp3) is 0.636. The van der Waals surface area contributed by atoms with Crippen LogP contribution in [0.4, 0.5) is 4.79 Å². The summed E-state index contributed by atoms with van der Waals surface area (Å²) >= 11 is 5.75. The molecule has 2 heterocycles. The van der Waals surface area contributed by atoms with Gasteiger partial charge in [0.25, 0.3) is 0 Å². The van der Waals surface area contributed by atoms with Crippen LogP contribution in [-0.4, -0.2) is 33.8 Å². The van der Waals surface area contributed by atoms with Gasteiger partial charge in [-0.2, -0.15) is 9.78 Å². The maximum absolute atomic E-state index is 12.1. The average molecular weight is 240 g/mol. The number of carbonyl (C=O) groups excluding carboxylic acids is 1. The first kappa shape index (κ1) is 10.1. The molecule has 86 valence electrons. The van der Waals surface area contributed by atoms with E-state index in [-0.39, 0.29) is 6.03 Å². The lowest BCUT2D eigenvalue weighted by Crippen LogP contribution is -2.33. The highest BCUT2D eigenvalue weighted by molar-refractivity contribution is 6.30. The van der Waals surface area contributed by atoms with Crippen LogP contribution < -0.4 is 0 Å². The number of fused-ring (bicyclic) bond motifs is 1. The van der Waals surface area contributed by atoms with E-state index in [0.29, 0.717) is 5.02 Å². The van der Waals surface area contributed by atoms with Crippen molar-refractivity contribution < 1.29 is 4.79 Å². The van der Waals surface area contributed by atoms with Crippen LogP contribution >= 0.6 is 11.6 Å². The van der Waals surface area contributed by atoms with Gasteiger partial charge in [0.2, 0.25) is 0 Å². The molecular weight excluding hydrogens is 226 g/mol. The summed E-state index contributed by atoms with van der Waals surface area (Å²) < 4.78 is 1.34. The predicted octanol–water partition coefficient (Wildman–Crippen LogP) is 2.24. The number of nitrogens with zero attached hydrogens (tertiary/aromatic N) is 3. The molecule has 2 unspecified atom stereocenters. The van der Waals surface area contributed by atoms with E-state index < -0.39 is 0 Å². The van der Waals surface area contributed by atoms with Gasteiger partial charge in [-0.05, 0) is 24.7 Å². The van der Waals surface area contributed by atoms with Crippen LogP contribution in [0.15, 0.2) is 12.4 Å². The molecule has 5 heteroatoms. The van der Waals surface area contributed by atoms with Crippen molar-refractivity contribution in [2.75, 3.05) is 13.1 Å². The van der Waals surface area contributed by atoms with E-state index in [9.17, 15) is 4.79 Å². The van der Waals surface area contributed by atoms with Crippen LogP contribution in [0.2, 0.25) is 5.02 Å². The van der Waals surface area contributed by atoms with Crippen LogP contribution in [0, 0.1) is 11.8 Å². The molecule has 2 fully saturated rings. The van der Waals surface area contributed by atoms with Gasteiger partial charge in [0.05, 0.1) is 17.4 Å². The second-order valence-corrected chi connectivity index (χ2v) is 5.18. The van der Waals surface area contributed by atoms with E-state index in [0.717, 1.165) is 24.9 Å². The van der Waals surface area contributed by atoms with E-state index in [2.05, 4.69) is 5.10 Å². The van der Waals surface area contributed by atoms with E-state index in [1.165, 1.54) is 30.1 Å². The van der Waals surface area contributed by atoms with E-state index >= 15 is 0 Å². The van der Waals surface area contributed by atoms with Crippen LogP contribution in [0.1, 0.15) is 19.3 Å². The lowest BCUT2D eigenvalue weighted by Gasteiger charge is -2.16. The zero-order valence-electron chi connectivity index (χ0n) is 8.97. The molecule has 2 aliphatic rings. The Balaban J connectivity index is 1.73. The Morgan fingerprint density at radius 2 is 2.06 bits per heavy atom. The zero-order valence-corrected chi connectivity index (χ0v) is 9.73. The first-order valence-electron chi connectivity index (χ1n) is 5.73. The monoisotopic (exact) mass is 239 g/mol. The topological polar surface area (TPSA) is 38.1 Å². The second-order valence-electron chi connectivity index (χ2n) is 4.74. The number of halogens is 1. The number of amides is 1. The Morgan fingerprint density at radius 3 is 2.62 bits per heavy atom. The standard InChI is InChI=1S/C11H14ClN3O/c12-10-4-13-15(7-10)11(16)14-5-8-2-1-3-9(8)6-14/h4,7-9H,1-3,5-6H2. The number of hydrogen-bond acceptors (Lipinski definition) is 2. The fourth-order valence-electron chi connectivity index (χ4n) is 2.94. The SMILES string of the molecule is O=C(N1CC2CCCC2C1)n1cc(Cl)cn1. The molecule has 1 aliphatic carbocycles. The Bertz CT molecular complexity index is 405. The zero-order chi connectivity index (χ0) is 11.1. The van der Waals surface area contributed by atoms with Gasteiger partial charge in [0.15, 0.2) is 0 Å². The molecule has 1 aromatic rings. The van der Waals surface area contributed by atoms with Crippen LogP contribution in [0.3, 0.4) is 0 Å². The molecule has 4 nitrogen and oxygen atoms in total. The molecule has 0 spiro atoms. The first-order valence-corrected chi connectivity index (χ1v) is 6.11. The normalized spacial score (nSPS) is 28.4. The highest BCUT2D eigenvalue weighted by atomic mass is 35.5. The van der Waals surface area contributed by atoms with Gasteiger partial charge in [-0.1, -0.05) is 18.0 Å². The van der Waals surface area contributed by atoms with Crippen molar-refractivity contribution in [1.82, 2.24) is 14.7 Å². The molecule has 0 bridgehead atoms. The smallest absolute Gasteiger partial charge is 0.322 e. The summed E-state index contributed by atoms with van der Waals surface area (Å²) in [5, 5.41) is 4.45. The fourth-order valence-corrected chi connectivity index (χ4v) is 3.08. The maximum Gasteiger partial charge on any atom is 0.344 e. The highest BCUT2D eigenvalue weighted by Crippen LogP contribution is 2.37. The molecule has 1 saturated carbocycles. The number of aromatic nitrogens is 2. The number of carbonyl (C=O) groups is 1. The molecule has 16 heavy (non-hydrogen) atoms. The molecule has 2 atom stereocenters. The first-order chi connectivity index (χ1) is 7.74. The van der Waals surface area contributed by atoms with Crippen molar-refractivity contribution >= 4 is 17.6 Å². The van der Waals surface area contributed by atoms with Gasteiger partial charge in [-0.3, -0.25) is 0 Å². The van der Waals surface area contributed by atoms with Gasteiger partial charge in [-0.25, -0.2) is 4.79 Å². The summed E-state index contributed by atoms with van der Waals surface area (Å²) in [5.41, 5.74) is 0. The largest absolute Gasteiger partial charge is 0.344 e. The van der Waals surface area contributed by atoms with Crippen molar-refractivity contribution in [3.05, 3.63) is 17.4 Å².